The zero-order valence-corrected chi connectivity index (χ0v) is 10.1. The summed E-state index contributed by atoms with van der Waals surface area (Å²) in [4.78, 5) is 24.0. The summed E-state index contributed by atoms with van der Waals surface area (Å²) in [5.74, 6) is 0. The van der Waals surface area contributed by atoms with Gasteiger partial charge in [-0.25, -0.2) is 4.79 Å². The lowest BCUT2D eigenvalue weighted by Crippen LogP contribution is -2.60. The average Bonchev–Trinajstić information content (AvgIpc) is 2.07. The molecule has 0 aromatic rings. The largest absolute Gasteiger partial charge is 0.444 e. The molecule has 0 unspecified atom stereocenters. The molecule has 4 heteroatoms. The SMILES string of the molecule is C=CC[C@H]1C[C@@H](C=O)N1C(=O)OC(C)(C)C. The molecule has 0 aromatic carbocycles. The van der Waals surface area contributed by atoms with E-state index in [0.29, 0.717) is 12.8 Å². The van der Waals surface area contributed by atoms with Gasteiger partial charge in [0.1, 0.15) is 11.9 Å². The van der Waals surface area contributed by atoms with Gasteiger partial charge in [0, 0.05) is 6.04 Å². The Labute approximate surface area is 96.3 Å². The molecular formula is C12H19NO3. The van der Waals surface area contributed by atoms with E-state index in [1.807, 2.05) is 20.8 Å². The van der Waals surface area contributed by atoms with Gasteiger partial charge < -0.3 is 9.53 Å². The van der Waals surface area contributed by atoms with Gasteiger partial charge in [0.25, 0.3) is 0 Å². The lowest BCUT2D eigenvalue weighted by atomic mass is 9.92. The number of carbonyl (C=O) groups excluding carboxylic acids is 2. The normalized spacial score (nSPS) is 24.6. The molecule has 1 aliphatic heterocycles. The third kappa shape index (κ3) is 2.84. The molecule has 4 nitrogen and oxygen atoms in total. The van der Waals surface area contributed by atoms with Crippen molar-refractivity contribution in [3.05, 3.63) is 12.7 Å². The van der Waals surface area contributed by atoms with E-state index in [2.05, 4.69) is 6.58 Å². The second-order valence-corrected chi connectivity index (χ2v) is 5.00. The van der Waals surface area contributed by atoms with Crippen LogP contribution in [-0.4, -0.2) is 35.0 Å². The summed E-state index contributed by atoms with van der Waals surface area (Å²) in [5.41, 5.74) is -0.529. The molecular weight excluding hydrogens is 206 g/mol. The maximum atomic E-state index is 11.8. The Bertz CT molecular complexity index is 293. The molecule has 90 valence electrons. The van der Waals surface area contributed by atoms with Crippen LogP contribution >= 0.6 is 0 Å². The molecule has 1 amide bonds. The van der Waals surface area contributed by atoms with Crippen molar-refractivity contribution in [3.63, 3.8) is 0 Å². The molecule has 0 aliphatic carbocycles. The Balaban J connectivity index is 2.63. The van der Waals surface area contributed by atoms with Crippen molar-refractivity contribution >= 4 is 12.4 Å². The van der Waals surface area contributed by atoms with E-state index in [1.165, 1.54) is 4.90 Å². The minimum Gasteiger partial charge on any atom is -0.444 e. The van der Waals surface area contributed by atoms with Crippen molar-refractivity contribution in [1.29, 1.82) is 0 Å². The van der Waals surface area contributed by atoms with Crippen LogP contribution in [0.2, 0.25) is 0 Å². The molecule has 1 saturated heterocycles. The fourth-order valence-corrected chi connectivity index (χ4v) is 1.76. The highest BCUT2D eigenvalue weighted by Gasteiger charge is 2.42. The molecule has 1 aliphatic rings. The molecule has 0 spiro atoms. The maximum absolute atomic E-state index is 11.8. The Hall–Kier alpha value is -1.32. The first-order chi connectivity index (χ1) is 7.39. The first-order valence-electron chi connectivity index (χ1n) is 5.46. The third-order valence-electron chi connectivity index (χ3n) is 2.46. The Morgan fingerprint density at radius 1 is 1.56 bits per heavy atom. The minimum absolute atomic E-state index is 0.0579. The van der Waals surface area contributed by atoms with Crippen molar-refractivity contribution < 1.29 is 14.3 Å². The fraction of sp³-hybridized carbons (Fsp3) is 0.667. The number of carbonyl (C=O) groups is 2. The first kappa shape index (κ1) is 12.7. The van der Waals surface area contributed by atoms with E-state index in [0.717, 1.165) is 6.29 Å². The van der Waals surface area contributed by atoms with Gasteiger partial charge in [0.2, 0.25) is 0 Å². The van der Waals surface area contributed by atoms with Crippen molar-refractivity contribution in [2.75, 3.05) is 0 Å². The van der Waals surface area contributed by atoms with Crippen LogP contribution in [0.25, 0.3) is 0 Å². The second-order valence-electron chi connectivity index (χ2n) is 5.00. The summed E-state index contributed by atoms with van der Waals surface area (Å²) in [6, 6.07) is -0.276. The van der Waals surface area contributed by atoms with Crippen LogP contribution in [0.4, 0.5) is 4.79 Å². The molecule has 2 atom stereocenters. The smallest absolute Gasteiger partial charge is 0.411 e. The van der Waals surface area contributed by atoms with E-state index in [1.54, 1.807) is 6.08 Å². The molecule has 0 N–H and O–H groups in total. The number of nitrogens with zero attached hydrogens (tertiary/aromatic N) is 1. The van der Waals surface area contributed by atoms with Crippen LogP contribution in [0, 0.1) is 0 Å². The highest BCUT2D eigenvalue weighted by Crippen LogP contribution is 2.29. The van der Waals surface area contributed by atoms with Gasteiger partial charge in [-0.3, -0.25) is 4.90 Å². The summed E-state index contributed by atoms with van der Waals surface area (Å²) in [7, 11) is 0. The maximum Gasteiger partial charge on any atom is 0.411 e. The third-order valence-corrected chi connectivity index (χ3v) is 2.46. The predicted octanol–water partition coefficient (Wildman–Crippen LogP) is 2.14. The summed E-state index contributed by atoms with van der Waals surface area (Å²) >= 11 is 0. The van der Waals surface area contributed by atoms with Gasteiger partial charge in [-0.15, -0.1) is 6.58 Å². The van der Waals surface area contributed by atoms with Crippen molar-refractivity contribution in [3.8, 4) is 0 Å². The lowest BCUT2D eigenvalue weighted by molar-refractivity contribution is -0.119. The summed E-state index contributed by atoms with van der Waals surface area (Å²) in [5, 5.41) is 0. The molecule has 0 radical (unpaired) electrons. The lowest BCUT2D eigenvalue weighted by Gasteiger charge is -2.45. The van der Waals surface area contributed by atoms with E-state index < -0.39 is 11.7 Å². The molecule has 1 fully saturated rings. The molecule has 0 saturated carbocycles. The van der Waals surface area contributed by atoms with E-state index >= 15 is 0 Å². The van der Waals surface area contributed by atoms with E-state index in [-0.39, 0.29) is 12.1 Å². The van der Waals surface area contributed by atoms with Gasteiger partial charge in [-0.1, -0.05) is 6.08 Å². The van der Waals surface area contributed by atoms with Gasteiger partial charge >= 0.3 is 6.09 Å². The van der Waals surface area contributed by atoms with Crippen molar-refractivity contribution in [2.24, 2.45) is 0 Å². The monoisotopic (exact) mass is 225 g/mol. The van der Waals surface area contributed by atoms with Crippen LogP contribution in [0.5, 0.6) is 0 Å². The molecule has 1 rings (SSSR count). The van der Waals surface area contributed by atoms with Crippen LogP contribution in [0.1, 0.15) is 33.6 Å². The van der Waals surface area contributed by atoms with Crippen LogP contribution in [0.15, 0.2) is 12.7 Å². The second kappa shape index (κ2) is 4.68. The van der Waals surface area contributed by atoms with Crippen LogP contribution < -0.4 is 0 Å². The van der Waals surface area contributed by atoms with Crippen LogP contribution in [-0.2, 0) is 9.53 Å². The Morgan fingerprint density at radius 2 is 2.19 bits per heavy atom. The number of ether oxygens (including phenoxy) is 1. The number of likely N-dealkylation sites (tertiary alicyclic amines) is 1. The standard InChI is InChI=1S/C12H19NO3/c1-5-6-9-7-10(8-14)13(9)11(15)16-12(2,3)4/h5,8-10H,1,6-7H2,2-4H3/t9-,10-/m0/s1. The van der Waals surface area contributed by atoms with E-state index in [9.17, 15) is 9.59 Å². The number of hydrogen-bond donors (Lipinski definition) is 0. The number of aldehydes is 1. The molecule has 1 heterocycles. The Kier molecular flexibility index (Phi) is 3.73. The summed E-state index contributed by atoms with van der Waals surface area (Å²) < 4.78 is 5.24. The number of hydrogen-bond acceptors (Lipinski definition) is 3. The number of amides is 1. The Morgan fingerprint density at radius 3 is 2.62 bits per heavy atom. The van der Waals surface area contributed by atoms with Crippen molar-refractivity contribution in [1.82, 2.24) is 4.90 Å². The van der Waals surface area contributed by atoms with Gasteiger partial charge in [-0.05, 0) is 33.6 Å². The highest BCUT2D eigenvalue weighted by atomic mass is 16.6. The minimum atomic E-state index is -0.529. The summed E-state index contributed by atoms with van der Waals surface area (Å²) in [6.45, 7) is 9.06. The quantitative estimate of drug-likeness (QED) is 0.546. The van der Waals surface area contributed by atoms with Gasteiger partial charge in [-0.2, -0.15) is 0 Å². The average molecular weight is 225 g/mol. The molecule has 0 aromatic heterocycles. The summed E-state index contributed by atoms with van der Waals surface area (Å²) in [6.07, 6.45) is 3.54. The first-order valence-corrected chi connectivity index (χ1v) is 5.46. The topological polar surface area (TPSA) is 46.6 Å². The zero-order valence-electron chi connectivity index (χ0n) is 10.1. The van der Waals surface area contributed by atoms with Gasteiger partial charge in [0.05, 0.1) is 6.04 Å². The van der Waals surface area contributed by atoms with Crippen molar-refractivity contribution in [2.45, 2.75) is 51.3 Å². The fourth-order valence-electron chi connectivity index (χ4n) is 1.76. The zero-order chi connectivity index (χ0) is 12.3. The predicted molar refractivity (Wildman–Crippen MR) is 61.1 cm³/mol. The van der Waals surface area contributed by atoms with E-state index in [4.69, 9.17) is 4.74 Å². The highest BCUT2D eigenvalue weighted by molar-refractivity contribution is 5.76. The molecule has 0 bridgehead atoms. The molecule has 16 heavy (non-hydrogen) atoms. The van der Waals surface area contributed by atoms with Gasteiger partial charge in [0.15, 0.2) is 0 Å². The number of rotatable bonds is 3. The van der Waals surface area contributed by atoms with Crippen LogP contribution in [0.3, 0.4) is 0 Å².